The number of ether oxygens (including phenoxy) is 2. The first-order valence-corrected chi connectivity index (χ1v) is 12.7. The first-order valence-electron chi connectivity index (χ1n) is 12.3. The van der Waals surface area contributed by atoms with Gasteiger partial charge in [-0.2, -0.15) is 0 Å². The van der Waals surface area contributed by atoms with Gasteiger partial charge in [-0.15, -0.1) is 0 Å². The van der Waals surface area contributed by atoms with Crippen molar-refractivity contribution in [3.8, 4) is 11.5 Å². The Morgan fingerprint density at radius 3 is 2.27 bits per heavy atom. The summed E-state index contributed by atoms with van der Waals surface area (Å²) in [6, 6.07) is 10.3. The Labute approximate surface area is 204 Å². The molecule has 1 N–H and O–H groups in total. The van der Waals surface area contributed by atoms with Crippen LogP contribution in [0.5, 0.6) is 11.5 Å². The van der Waals surface area contributed by atoms with E-state index in [0.29, 0.717) is 23.1 Å². The largest absolute Gasteiger partial charge is 0.490 e. The summed E-state index contributed by atoms with van der Waals surface area (Å²) >= 11 is 6.11. The van der Waals surface area contributed by atoms with E-state index in [2.05, 4.69) is 24.1 Å². The molecule has 33 heavy (non-hydrogen) atoms. The van der Waals surface area contributed by atoms with E-state index in [1.54, 1.807) is 6.07 Å². The molecule has 6 heteroatoms. The number of halogens is 2. The van der Waals surface area contributed by atoms with Crippen LogP contribution in [-0.4, -0.2) is 37.7 Å². The van der Waals surface area contributed by atoms with E-state index < -0.39 is 0 Å². The van der Waals surface area contributed by atoms with Gasteiger partial charge in [0.15, 0.2) is 11.5 Å². The minimum Gasteiger partial charge on any atom is -0.490 e. The zero-order valence-electron chi connectivity index (χ0n) is 20.5. The summed E-state index contributed by atoms with van der Waals surface area (Å²) in [5.41, 5.74) is 1.89. The van der Waals surface area contributed by atoms with Crippen LogP contribution < -0.4 is 14.8 Å². The SMILES string of the molecule is CCCCN(CCCC)CCCNCc1ccc(OCc2ccc(F)cc2Cl)c(OCC)c1. The molecule has 4 nitrogen and oxygen atoms in total. The lowest BCUT2D eigenvalue weighted by molar-refractivity contribution is 0.261. The molecule has 0 aliphatic carbocycles. The van der Waals surface area contributed by atoms with Crippen LogP contribution in [0.2, 0.25) is 5.02 Å². The fourth-order valence-corrected chi connectivity index (χ4v) is 3.83. The number of benzene rings is 2. The Bertz CT molecular complexity index is 811. The van der Waals surface area contributed by atoms with Crippen LogP contribution in [0.15, 0.2) is 36.4 Å². The molecule has 0 aliphatic rings. The molecule has 0 aliphatic heterocycles. The predicted molar refractivity (Wildman–Crippen MR) is 136 cm³/mol. The molecule has 2 aromatic carbocycles. The highest BCUT2D eigenvalue weighted by molar-refractivity contribution is 6.31. The van der Waals surface area contributed by atoms with Gasteiger partial charge in [-0.25, -0.2) is 4.39 Å². The Morgan fingerprint density at radius 2 is 1.61 bits per heavy atom. The van der Waals surface area contributed by atoms with E-state index >= 15 is 0 Å². The molecule has 2 rings (SSSR count). The number of hydrogen-bond acceptors (Lipinski definition) is 4. The topological polar surface area (TPSA) is 33.7 Å². The maximum Gasteiger partial charge on any atom is 0.161 e. The van der Waals surface area contributed by atoms with E-state index in [1.807, 2.05) is 25.1 Å². The summed E-state index contributed by atoms with van der Waals surface area (Å²) < 4.78 is 25.0. The molecule has 0 bridgehead atoms. The van der Waals surface area contributed by atoms with Gasteiger partial charge in [-0.1, -0.05) is 50.4 Å². The van der Waals surface area contributed by atoms with Crippen molar-refractivity contribution < 1.29 is 13.9 Å². The van der Waals surface area contributed by atoms with Crippen LogP contribution in [0.1, 0.15) is 64.0 Å². The molecule has 0 atom stereocenters. The van der Waals surface area contributed by atoms with Crippen LogP contribution >= 0.6 is 11.6 Å². The number of rotatable bonds is 17. The van der Waals surface area contributed by atoms with Gasteiger partial charge in [0.2, 0.25) is 0 Å². The molecule has 0 radical (unpaired) electrons. The average Bonchev–Trinajstić information content (AvgIpc) is 2.80. The van der Waals surface area contributed by atoms with Crippen molar-refractivity contribution in [2.45, 2.75) is 66.0 Å². The summed E-state index contributed by atoms with van der Waals surface area (Å²) in [5, 5.41) is 3.91. The van der Waals surface area contributed by atoms with Crippen LogP contribution in [-0.2, 0) is 13.2 Å². The number of hydrogen-bond donors (Lipinski definition) is 1. The number of nitrogens with one attached hydrogen (secondary N) is 1. The van der Waals surface area contributed by atoms with Crippen molar-refractivity contribution in [2.75, 3.05) is 32.8 Å². The highest BCUT2D eigenvalue weighted by Gasteiger charge is 2.09. The van der Waals surface area contributed by atoms with Crippen molar-refractivity contribution in [1.29, 1.82) is 0 Å². The second-order valence-electron chi connectivity index (χ2n) is 8.32. The Balaban J connectivity index is 1.83. The average molecular weight is 479 g/mol. The maximum atomic E-state index is 13.3. The van der Waals surface area contributed by atoms with Crippen molar-refractivity contribution in [1.82, 2.24) is 10.2 Å². The van der Waals surface area contributed by atoms with Crippen molar-refractivity contribution >= 4 is 11.6 Å². The summed E-state index contributed by atoms with van der Waals surface area (Å²) in [6.45, 7) is 12.6. The molecule has 0 saturated heterocycles. The summed E-state index contributed by atoms with van der Waals surface area (Å²) in [4.78, 5) is 2.60. The van der Waals surface area contributed by atoms with E-state index in [0.717, 1.165) is 37.2 Å². The Hall–Kier alpha value is -1.82. The van der Waals surface area contributed by atoms with Gasteiger partial charge < -0.3 is 19.7 Å². The third-order valence-electron chi connectivity index (χ3n) is 5.52. The Morgan fingerprint density at radius 1 is 0.879 bits per heavy atom. The Kier molecular flexibility index (Phi) is 13.2. The molecule has 0 fully saturated rings. The standard InChI is InChI=1S/C27H40ClFN2O2/c1-4-7-15-31(16-8-5-2)17-9-14-30-20-22-10-13-26(27(18-22)32-6-3)33-21-23-11-12-24(29)19-25(23)28/h10-13,18-19,30H,4-9,14-17,20-21H2,1-3H3. The second-order valence-corrected chi connectivity index (χ2v) is 8.72. The maximum absolute atomic E-state index is 13.3. The van der Waals surface area contributed by atoms with Gasteiger partial charge in [-0.3, -0.25) is 0 Å². The van der Waals surface area contributed by atoms with Crippen molar-refractivity contribution in [3.05, 3.63) is 58.4 Å². The summed E-state index contributed by atoms with van der Waals surface area (Å²) in [7, 11) is 0. The molecule has 0 spiro atoms. The number of unbranched alkanes of at least 4 members (excludes halogenated alkanes) is 2. The molecule has 0 heterocycles. The predicted octanol–water partition coefficient (Wildman–Crippen LogP) is 6.84. The third-order valence-corrected chi connectivity index (χ3v) is 5.87. The minimum absolute atomic E-state index is 0.253. The van der Waals surface area contributed by atoms with Gasteiger partial charge in [-0.05, 0) is 82.2 Å². The first kappa shape index (κ1) is 27.4. The van der Waals surface area contributed by atoms with Crippen molar-refractivity contribution in [2.24, 2.45) is 0 Å². The van der Waals surface area contributed by atoms with Crippen molar-refractivity contribution in [3.63, 3.8) is 0 Å². The van der Waals surface area contributed by atoms with Crippen LogP contribution in [0, 0.1) is 5.82 Å². The zero-order valence-corrected chi connectivity index (χ0v) is 21.2. The molecular formula is C27H40ClFN2O2. The number of nitrogens with zero attached hydrogens (tertiary/aromatic N) is 1. The highest BCUT2D eigenvalue weighted by atomic mass is 35.5. The molecular weight excluding hydrogens is 439 g/mol. The van der Waals surface area contributed by atoms with Crippen LogP contribution in [0.4, 0.5) is 4.39 Å². The van der Waals surface area contributed by atoms with Gasteiger partial charge in [0.1, 0.15) is 12.4 Å². The van der Waals surface area contributed by atoms with E-state index in [9.17, 15) is 4.39 Å². The molecule has 0 unspecified atom stereocenters. The minimum atomic E-state index is -0.356. The molecule has 0 amide bonds. The van der Waals surface area contributed by atoms with Crippen LogP contribution in [0.25, 0.3) is 0 Å². The monoisotopic (exact) mass is 478 g/mol. The second kappa shape index (κ2) is 15.9. The lowest BCUT2D eigenvalue weighted by Crippen LogP contribution is -2.29. The zero-order chi connectivity index (χ0) is 23.9. The molecule has 0 saturated carbocycles. The van der Waals surface area contributed by atoms with Gasteiger partial charge in [0, 0.05) is 12.1 Å². The third kappa shape index (κ3) is 10.3. The van der Waals surface area contributed by atoms with E-state index in [4.69, 9.17) is 21.1 Å². The first-order chi connectivity index (χ1) is 16.1. The molecule has 184 valence electrons. The van der Waals surface area contributed by atoms with Gasteiger partial charge in [0.25, 0.3) is 0 Å². The molecule has 2 aromatic rings. The van der Waals surface area contributed by atoms with Crippen LogP contribution in [0.3, 0.4) is 0 Å². The molecule has 0 aromatic heterocycles. The summed E-state index contributed by atoms with van der Waals surface area (Å²) in [5.74, 6) is 1.01. The van der Waals surface area contributed by atoms with E-state index in [-0.39, 0.29) is 12.4 Å². The lowest BCUT2D eigenvalue weighted by atomic mass is 10.2. The fraction of sp³-hybridized carbons (Fsp3) is 0.556. The van der Waals surface area contributed by atoms with Gasteiger partial charge >= 0.3 is 0 Å². The summed E-state index contributed by atoms with van der Waals surface area (Å²) in [6.07, 6.45) is 6.20. The smallest absolute Gasteiger partial charge is 0.161 e. The normalized spacial score (nSPS) is 11.2. The lowest BCUT2D eigenvalue weighted by Gasteiger charge is -2.22. The fourth-order valence-electron chi connectivity index (χ4n) is 3.60. The van der Waals surface area contributed by atoms with E-state index in [1.165, 1.54) is 50.9 Å². The quantitative estimate of drug-likeness (QED) is 0.252. The highest BCUT2D eigenvalue weighted by Crippen LogP contribution is 2.30. The van der Waals surface area contributed by atoms with Gasteiger partial charge in [0.05, 0.1) is 11.6 Å².